The van der Waals surface area contributed by atoms with E-state index in [1.807, 2.05) is 31.2 Å². The van der Waals surface area contributed by atoms with Crippen LogP contribution in [0, 0.1) is 5.82 Å². The number of benzene rings is 2. The van der Waals surface area contributed by atoms with Gasteiger partial charge in [-0.05, 0) is 87.5 Å². The highest BCUT2D eigenvalue weighted by Gasteiger charge is 2.18. The molecule has 4 rings (SSSR count). The molecule has 0 amide bonds. The van der Waals surface area contributed by atoms with Crippen LogP contribution in [0.5, 0.6) is 0 Å². The maximum atomic E-state index is 15.1. The van der Waals surface area contributed by atoms with E-state index in [0.29, 0.717) is 34.5 Å². The second kappa shape index (κ2) is 15.4. The molecule has 8 nitrogen and oxygen atoms in total. The molecule has 5 N–H and O–H groups in total. The van der Waals surface area contributed by atoms with E-state index in [-0.39, 0.29) is 22.9 Å². The van der Waals surface area contributed by atoms with Crippen LogP contribution in [0.4, 0.5) is 8.78 Å². The number of rotatable bonds is 15. The van der Waals surface area contributed by atoms with E-state index in [2.05, 4.69) is 33.8 Å². The Kier molecular flexibility index (Phi) is 11.7. The van der Waals surface area contributed by atoms with Gasteiger partial charge in [0.25, 0.3) is 0 Å². The highest BCUT2D eigenvalue weighted by Crippen LogP contribution is 2.32. The van der Waals surface area contributed by atoms with Gasteiger partial charge in [-0.25, -0.2) is 13.6 Å². The van der Waals surface area contributed by atoms with Crippen molar-refractivity contribution >= 4 is 28.5 Å². The number of H-pyrrole nitrogens is 1. The molecular formula is C33H42ClF2N7O. The molecule has 0 aliphatic rings. The van der Waals surface area contributed by atoms with Gasteiger partial charge in [0.15, 0.2) is 5.82 Å². The number of aliphatic imine (C=N–C) groups is 1. The minimum Gasteiger partial charge on any atom is -0.385 e. The van der Waals surface area contributed by atoms with Crippen molar-refractivity contribution in [3.63, 3.8) is 0 Å². The molecule has 0 bridgehead atoms. The number of alkyl halides is 1. The van der Waals surface area contributed by atoms with E-state index in [1.54, 1.807) is 24.4 Å². The number of aromatic amines is 1. The first-order valence-corrected chi connectivity index (χ1v) is 15.5. The van der Waals surface area contributed by atoms with Crippen molar-refractivity contribution in [3.8, 4) is 16.9 Å². The lowest BCUT2D eigenvalue weighted by atomic mass is 10.0. The summed E-state index contributed by atoms with van der Waals surface area (Å²) in [6.45, 7) is 4.64. The van der Waals surface area contributed by atoms with Gasteiger partial charge in [-0.15, -0.1) is 0 Å². The lowest BCUT2D eigenvalue weighted by Crippen LogP contribution is -2.26. The summed E-state index contributed by atoms with van der Waals surface area (Å²) in [6, 6.07) is 13.4. The van der Waals surface area contributed by atoms with Gasteiger partial charge in [0.1, 0.15) is 18.2 Å². The van der Waals surface area contributed by atoms with Gasteiger partial charge in [0.2, 0.25) is 0 Å². The smallest absolute Gasteiger partial charge is 0.354 e. The van der Waals surface area contributed by atoms with Crippen molar-refractivity contribution < 1.29 is 8.78 Å². The molecule has 0 spiro atoms. The monoisotopic (exact) mass is 625 g/mol. The van der Waals surface area contributed by atoms with Crippen LogP contribution in [-0.4, -0.2) is 58.1 Å². The van der Waals surface area contributed by atoms with Crippen molar-refractivity contribution in [2.45, 2.75) is 64.5 Å². The zero-order valence-electron chi connectivity index (χ0n) is 25.6. The predicted octanol–water partition coefficient (Wildman–Crippen LogP) is 6.33. The number of nitrogens with one attached hydrogen (secondary N) is 1. The fourth-order valence-corrected chi connectivity index (χ4v) is 5.69. The number of fused-ring (bicyclic) bond motifs is 1. The Hall–Kier alpha value is -3.60. The molecule has 2 unspecified atom stereocenters. The summed E-state index contributed by atoms with van der Waals surface area (Å²) in [5.74, 6) is -0.495. The van der Waals surface area contributed by atoms with Gasteiger partial charge in [-0.3, -0.25) is 14.5 Å². The molecule has 0 aliphatic heterocycles. The van der Waals surface area contributed by atoms with Gasteiger partial charge in [0.05, 0.1) is 16.4 Å². The van der Waals surface area contributed by atoms with Crippen LogP contribution in [0.1, 0.15) is 63.1 Å². The largest absolute Gasteiger partial charge is 0.385 e. The third kappa shape index (κ3) is 8.31. The number of nitrogens with zero attached hydrogens (tertiary/aromatic N) is 4. The average Bonchev–Trinajstić information content (AvgIpc) is 3.41. The summed E-state index contributed by atoms with van der Waals surface area (Å²) in [6.07, 6.45) is 6.90. The van der Waals surface area contributed by atoms with Crippen molar-refractivity contribution in [3.05, 3.63) is 81.1 Å². The van der Waals surface area contributed by atoms with Gasteiger partial charge in [-0.2, -0.15) is 4.98 Å². The SMILES string of the molecule is CCCC(c1ccc(-n2cc3cc(-c4cc(CCCC(C)N)cc(Cl)c4F)[nH]c3nc2=O)cc1)N(C)CCCN=C(N)CF. The lowest BCUT2D eigenvalue weighted by molar-refractivity contribution is 0.230. The number of aromatic nitrogens is 3. The first-order valence-electron chi connectivity index (χ1n) is 15.1. The lowest BCUT2D eigenvalue weighted by Gasteiger charge is -2.28. The molecule has 2 heterocycles. The first-order chi connectivity index (χ1) is 21.1. The summed E-state index contributed by atoms with van der Waals surface area (Å²) in [4.78, 5) is 26.7. The first kappa shape index (κ1) is 33.3. The van der Waals surface area contributed by atoms with Crippen LogP contribution in [0.15, 0.2) is 58.4 Å². The summed E-state index contributed by atoms with van der Waals surface area (Å²) in [7, 11) is 2.06. The molecule has 11 heteroatoms. The van der Waals surface area contributed by atoms with Gasteiger partial charge < -0.3 is 16.5 Å². The number of hydrogen-bond acceptors (Lipinski definition) is 5. The normalized spacial score (nSPS) is 13.6. The Bertz CT molecular complexity index is 1630. The zero-order valence-corrected chi connectivity index (χ0v) is 26.4. The molecule has 2 aromatic heterocycles. The maximum absolute atomic E-state index is 15.1. The average molecular weight is 626 g/mol. The van der Waals surface area contributed by atoms with Crippen molar-refractivity contribution in [1.29, 1.82) is 0 Å². The highest BCUT2D eigenvalue weighted by molar-refractivity contribution is 6.31. The Morgan fingerprint density at radius 3 is 2.61 bits per heavy atom. The summed E-state index contributed by atoms with van der Waals surface area (Å²) < 4.78 is 29.2. The fourth-order valence-electron chi connectivity index (χ4n) is 5.45. The number of hydrogen-bond donors (Lipinski definition) is 3. The van der Waals surface area contributed by atoms with E-state index in [0.717, 1.165) is 56.2 Å². The molecular weight excluding hydrogens is 584 g/mol. The standard InChI is InChI=1S/C33H42ClF2N7O/c1-4-7-29(42(3)15-6-14-39-30(38)19-35)23-10-12-25(13-11-23)43-20-24-18-28(40-32(24)41-33(43)44)26-16-22(9-5-8-21(2)37)17-27(34)31(26)36/h10-13,16-18,20-21,29H,4-9,14-15,19,37H2,1-3H3,(H2,38,39)(H,40,41,44). The number of halogens is 3. The molecule has 236 valence electrons. The Labute approximate surface area is 262 Å². The molecule has 0 aliphatic carbocycles. The Morgan fingerprint density at radius 2 is 1.93 bits per heavy atom. The van der Waals surface area contributed by atoms with Crippen LogP contribution in [0.3, 0.4) is 0 Å². The van der Waals surface area contributed by atoms with Crippen LogP contribution in [-0.2, 0) is 6.42 Å². The summed E-state index contributed by atoms with van der Waals surface area (Å²) in [5.41, 5.74) is 14.8. The fraction of sp³-hybridized carbons (Fsp3) is 0.424. The van der Waals surface area contributed by atoms with Gasteiger partial charge in [0, 0.05) is 42.3 Å². The second-order valence-corrected chi connectivity index (χ2v) is 11.8. The molecule has 2 aromatic carbocycles. The van der Waals surface area contributed by atoms with E-state index in [1.165, 1.54) is 4.57 Å². The predicted molar refractivity (Wildman–Crippen MR) is 176 cm³/mol. The Morgan fingerprint density at radius 1 is 1.18 bits per heavy atom. The van der Waals surface area contributed by atoms with Crippen LogP contribution >= 0.6 is 11.6 Å². The van der Waals surface area contributed by atoms with E-state index >= 15 is 4.39 Å². The summed E-state index contributed by atoms with van der Waals surface area (Å²) >= 11 is 6.25. The van der Waals surface area contributed by atoms with Crippen molar-refractivity contribution in [2.24, 2.45) is 16.5 Å². The highest BCUT2D eigenvalue weighted by atomic mass is 35.5. The zero-order chi connectivity index (χ0) is 31.8. The molecule has 2 atom stereocenters. The minimum atomic E-state index is -0.728. The number of nitrogens with two attached hydrogens (primary N) is 2. The van der Waals surface area contributed by atoms with Gasteiger partial charge >= 0.3 is 5.69 Å². The molecule has 0 saturated heterocycles. The van der Waals surface area contributed by atoms with Crippen molar-refractivity contribution in [2.75, 3.05) is 26.8 Å². The number of amidine groups is 1. The number of aryl methyl sites for hydroxylation is 1. The second-order valence-electron chi connectivity index (χ2n) is 11.4. The van der Waals surface area contributed by atoms with Crippen LogP contribution < -0.4 is 17.2 Å². The van der Waals surface area contributed by atoms with E-state index in [4.69, 9.17) is 23.1 Å². The third-order valence-electron chi connectivity index (χ3n) is 7.78. The Balaban J connectivity index is 1.56. The quantitative estimate of drug-likeness (QED) is 0.0810. The summed E-state index contributed by atoms with van der Waals surface area (Å²) in [5, 5.41) is 0.716. The minimum absolute atomic E-state index is 0.0293. The maximum Gasteiger partial charge on any atom is 0.354 e. The van der Waals surface area contributed by atoms with Crippen LogP contribution in [0.25, 0.3) is 28.0 Å². The van der Waals surface area contributed by atoms with E-state index in [9.17, 15) is 9.18 Å². The molecule has 0 radical (unpaired) electrons. The topological polar surface area (TPSA) is 118 Å². The molecule has 4 aromatic rings. The van der Waals surface area contributed by atoms with Crippen molar-refractivity contribution in [1.82, 2.24) is 19.4 Å². The molecule has 44 heavy (non-hydrogen) atoms. The third-order valence-corrected chi connectivity index (χ3v) is 8.06. The van der Waals surface area contributed by atoms with Gasteiger partial charge in [-0.1, -0.05) is 37.1 Å². The molecule has 0 saturated carbocycles. The molecule has 0 fully saturated rings. The van der Waals surface area contributed by atoms with E-state index < -0.39 is 18.2 Å². The van der Waals surface area contributed by atoms with Crippen LogP contribution in [0.2, 0.25) is 5.02 Å².